The summed E-state index contributed by atoms with van der Waals surface area (Å²) in [6.45, 7) is 4.69. The van der Waals surface area contributed by atoms with E-state index in [2.05, 4.69) is 17.0 Å². The van der Waals surface area contributed by atoms with Gasteiger partial charge in [-0.2, -0.15) is 0 Å². The molecule has 2 heterocycles. The third-order valence-electron chi connectivity index (χ3n) is 4.59. The van der Waals surface area contributed by atoms with E-state index in [1.165, 1.54) is 5.69 Å². The molecule has 5 nitrogen and oxygen atoms in total. The van der Waals surface area contributed by atoms with Gasteiger partial charge >= 0.3 is 0 Å². The van der Waals surface area contributed by atoms with Crippen molar-refractivity contribution in [3.05, 3.63) is 24.3 Å². The number of ether oxygens (including phenoxy) is 2. The van der Waals surface area contributed by atoms with Crippen LogP contribution in [0, 0.1) is 5.92 Å². The summed E-state index contributed by atoms with van der Waals surface area (Å²) in [5.74, 6) is 1.36. The van der Waals surface area contributed by atoms with Crippen LogP contribution in [0.2, 0.25) is 0 Å². The lowest BCUT2D eigenvalue weighted by atomic mass is 9.94. The Bertz CT molecular complexity index is 506. The van der Waals surface area contributed by atoms with Gasteiger partial charge < -0.3 is 19.3 Å². The van der Waals surface area contributed by atoms with Crippen LogP contribution in [-0.2, 0) is 9.53 Å². The minimum Gasteiger partial charge on any atom is -0.497 e. The van der Waals surface area contributed by atoms with Crippen molar-refractivity contribution in [1.82, 2.24) is 4.90 Å². The first kappa shape index (κ1) is 15.2. The number of nitrogens with zero attached hydrogens (tertiary/aromatic N) is 2. The second kappa shape index (κ2) is 7.01. The summed E-state index contributed by atoms with van der Waals surface area (Å²) in [4.78, 5) is 16.8. The highest BCUT2D eigenvalue weighted by Gasteiger charge is 2.29. The Kier molecular flexibility index (Phi) is 4.83. The van der Waals surface area contributed by atoms with Crippen LogP contribution in [0.15, 0.2) is 24.3 Å². The van der Waals surface area contributed by atoms with E-state index >= 15 is 0 Å². The molecule has 1 aromatic rings. The average molecular weight is 304 g/mol. The Hall–Kier alpha value is -1.75. The van der Waals surface area contributed by atoms with E-state index in [1.54, 1.807) is 7.11 Å². The van der Waals surface area contributed by atoms with Crippen molar-refractivity contribution in [2.75, 3.05) is 51.4 Å². The summed E-state index contributed by atoms with van der Waals surface area (Å²) in [7, 11) is 1.69. The third-order valence-corrected chi connectivity index (χ3v) is 4.59. The summed E-state index contributed by atoms with van der Waals surface area (Å²) < 4.78 is 10.6. The lowest BCUT2D eigenvalue weighted by Crippen LogP contribution is -2.46. The van der Waals surface area contributed by atoms with Crippen molar-refractivity contribution in [1.29, 1.82) is 0 Å². The first-order chi connectivity index (χ1) is 10.8. The van der Waals surface area contributed by atoms with Crippen LogP contribution in [-0.4, -0.2) is 57.3 Å². The predicted octanol–water partition coefficient (Wildman–Crippen LogP) is 1.77. The fraction of sp³-hybridized carbons (Fsp3) is 0.588. The molecule has 0 spiro atoms. The molecule has 2 saturated heterocycles. The van der Waals surface area contributed by atoms with Crippen molar-refractivity contribution in [2.45, 2.75) is 12.8 Å². The number of rotatable bonds is 3. The monoisotopic (exact) mass is 304 g/mol. The van der Waals surface area contributed by atoms with Gasteiger partial charge in [-0.3, -0.25) is 4.79 Å². The molecule has 0 N–H and O–H groups in total. The molecule has 0 saturated carbocycles. The standard InChI is InChI=1S/C17H24N2O3/c1-21-16-4-2-3-15(13-16)18-7-5-14(6-8-18)17(20)19-9-11-22-12-10-19/h2-4,13-14H,5-12H2,1H3. The number of anilines is 1. The number of amides is 1. The minimum atomic E-state index is 0.167. The van der Waals surface area contributed by atoms with E-state index < -0.39 is 0 Å². The van der Waals surface area contributed by atoms with Crippen LogP contribution < -0.4 is 9.64 Å². The highest BCUT2D eigenvalue weighted by atomic mass is 16.5. The van der Waals surface area contributed by atoms with Gasteiger partial charge in [0.25, 0.3) is 0 Å². The second-order valence-electron chi connectivity index (χ2n) is 5.90. The van der Waals surface area contributed by atoms with Gasteiger partial charge in [0.05, 0.1) is 20.3 Å². The largest absolute Gasteiger partial charge is 0.497 e. The number of benzene rings is 1. The maximum absolute atomic E-state index is 12.5. The van der Waals surface area contributed by atoms with E-state index in [0.29, 0.717) is 19.1 Å². The predicted molar refractivity (Wildman–Crippen MR) is 85.3 cm³/mol. The smallest absolute Gasteiger partial charge is 0.225 e. The Morgan fingerprint density at radius 2 is 1.91 bits per heavy atom. The molecular weight excluding hydrogens is 280 g/mol. The molecule has 0 radical (unpaired) electrons. The van der Waals surface area contributed by atoms with Gasteiger partial charge in [0, 0.05) is 43.9 Å². The molecule has 2 fully saturated rings. The Balaban J connectivity index is 1.56. The molecule has 5 heteroatoms. The number of methoxy groups -OCH3 is 1. The van der Waals surface area contributed by atoms with Crippen LogP contribution in [0.4, 0.5) is 5.69 Å². The van der Waals surface area contributed by atoms with Crippen molar-refractivity contribution in [3.8, 4) is 5.75 Å². The highest BCUT2D eigenvalue weighted by molar-refractivity contribution is 5.79. The zero-order valence-corrected chi connectivity index (χ0v) is 13.2. The Morgan fingerprint density at radius 1 is 1.18 bits per heavy atom. The normalized spacial score (nSPS) is 20.0. The molecular formula is C17H24N2O3. The summed E-state index contributed by atoms with van der Waals surface area (Å²) in [6, 6.07) is 8.13. The Labute approximate surface area is 131 Å². The fourth-order valence-electron chi connectivity index (χ4n) is 3.23. The SMILES string of the molecule is COc1cccc(N2CCC(C(=O)N3CCOCC3)CC2)c1. The van der Waals surface area contributed by atoms with Crippen molar-refractivity contribution < 1.29 is 14.3 Å². The summed E-state index contributed by atoms with van der Waals surface area (Å²) in [5.41, 5.74) is 1.18. The van der Waals surface area contributed by atoms with E-state index in [-0.39, 0.29) is 5.92 Å². The molecule has 2 aliphatic rings. The van der Waals surface area contributed by atoms with Gasteiger partial charge in [-0.05, 0) is 25.0 Å². The summed E-state index contributed by atoms with van der Waals surface area (Å²) in [6.07, 6.45) is 1.85. The number of hydrogen-bond acceptors (Lipinski definition) is 4. The fourth-order valence-corrected chi connectivity index (χ4v) is 3.23. The van der Waals surface area contributed by atoms with Crippen molar-refractivity contribution in [3.63, 3.8) is 0 Å². The number of carbonyl (C=O) groups excluding carboxylic acids is 1. The van der Waals surface area contributed by atoms with Crippen LogP contribution in [0.1, 0.15) is 12.8 Å². The summed E-state index contributed by atoms with van der Waals surface area (Å²) in [5, 5.41) is 0. The van der Waals surface area contributed by atoms with Crippen molar-refractivity contribution >= 4 is 11.6 Å². The Morgan fingerprint density at radius 3 is 2.59 bits per heavy atom. The molecule has 0 bridgehead atoms. The average Bonchev–Trinajstić information content (AvgIpc) is 2.62. The first-order valence-corrected chi connectivity index (χ1v) is 8.03. The van der Waals surface area contributed by atoms with Crippen LogP contribution in [0.5, 0.6) is 5.75 Å². The van der Waals surface area contributed by atoms with Gasteiger partial charge in [0.1, 0.15) is 5.75 Å². The number of hydrogen-bond donors (Lipinski definition) is 0. The van der Waals surface area contributed by atoms with Crippen LogP contribution in [0.3, 0.4) is 0 Å². The van der Waals surface area contributed by atoms with Gasteiger partial charge in [0.2, 0.25) is 5.91 Å². The van der Waals surface area contributed by atoms with Crippen LogP contribution in [0.25, 0.3) is 0 Å². The molecule has 0 unspecified atom stereocenters. The maximum atomic E-state index is 12.5. The topological polar surface area (TPSA) is 42.0 Å². The lowest BCUT2D eigenvalue weighted by Gasteiger charge is -2.36. The minimum absolute atomic E-state index is 0.167. The molecule has 3 rings (SSSR count). The molecule has 0 atom stereocenters. The van der Waals surface area contributed by atoms with E-state index in [1.807, 2.05) is 17.0 Å². The van der Waals surface area contributed by atoms with E-state index in [4.69, 9.17) is 9.47 Å². The maximum Gasteiger partial charge on any atom is 0.225 e. The third kappa shape index (κ3) is 3.35. The van der Waals surface area contributed by atoms with Crippen LogP contribution >= 0.6 is 0 Å². The molecule has 0 aromatic heterocycles. The van der Waals surface area contributed by atoms with Gasteiger partial charge in [-0.1, -0.05) is 6.07 Å². The molecule has 120 valence electrons. The molecule has 0 aliphatic carbocycles. The van der Waals surface area contributed by atoms with Gasteiger partial charge in [-0.15, -0.1) is 0 Å². The molecule has 22 heavy (non-hydrogen) atoms. The lowest BCUT2D eigenvalue weighted by molar-refractivity contribution is -0.140. The van der Waals surface area contributed by atoms with E-state index in [9.17, 15) is 4.79 Å². The zero-order chi connectivity index (χ0) is 15.4. The molecule has 2 aliphatic heterocycles. The number of morpholine rings is 1. The van der Waals surface area contributed by atoms with E-state index in [0.717, 1.165) is 44.8 Å². The second-order valence-corrected chi connectivity index (χ2v) is 5.90. The zero-order valence-electron chi connectivity index (χ0n) is 13.2. The molecule has 1 amide bonds. The van der Waals surface area contributed by atoms with Crippen molar-refractivity contribution in [2.24, 2.45) is 5.92 Å². The first-order valence-electron chi connectivity index (χ1n) is 8.03. The molecule has 1 aromatic carbocycles. The number of carbonyl (C=O) groups is 1. The summed E-state index contributed by atoms with van der Waals surface area (Å²) >= 11 is 0. The van der Waals surface area contributed by atoms with Gasteiger partial charge in [0.15, 0.2) is 0 Å². The van der Waals surface area contributed by atoms with Gasteiger partial charge in [-0.25, -0.2) is 0 Å². The number of piperidine rings is 1. The highest BCUT2D eigenvalue weighted by Crippen LogP contribution is 2.27. The quantitative estimate of drug-likeness (QED) is 0.853.